The monoisotopic (exact) mass is 342 g/mol. The van der Waals surface area contributed by atoms with Crippen LogP contribution in [0.3, 0.4) is 0 Å². The second-order valence-corrected chi connectivity index (χ2v) is 6.65. The van der Waals surface area contributed by atoms with E-state index in [1.54, 1.807) is 12.1 Å². The van der Waals surface area contributed by atoms with E-state index in [0.29, 0.717) is 5.52 Å². The first-order valence-corrected chi connectivity index (χ1v) is 8.38. The van der Waals surface area contributed by atoms with Crippen LogP contribution in [-0.2, 0) is 19.6 Å². The highest BCUT2D eigenvalue weighted by Crippen LogP contribution is 2.20. The molecule has 1 fully saturated rings. The minimum Gasteiger partial charge on any atom is -0.439 e. The summed E-state index contributed by atoms with van der Waals surface area (Å²) in [5, 5.41) is 0. The molecule has 0 saturated carbocycles. The van der Waals surface area contributed by atoms with Crippen LogP contribution in [0.2, 0.25) is 0 Å². The third-order valence-electron chi connectivity index (χ3n) is 3.01. The summed E-state index contributed by atoms with van der Waals surface area (Å²) in [5.41, 5.74) is 0.780. The first kappa shape index (κ1) is 14.8. The molecule has 116 valence electrons. The Morgan fingerprint density at radius 1 is 1.32 bits per heavy atom. The Hall–Kier alpha value is -2.11. The number of nitrogens with one attached hydrogen (secondary N) is 1. The number of carbonyl (C=O) groups excluding carboxylic acids is 2. The number of benzene rings is 1. The number of ether oxygens (including phenoxy) is 1. The van der Waals surface area contributed by atoms with Crippen LogP contribution in [0.5, 0.6) is 0 Å². The Morgan fingerprint density at radius 2 is 2.14 bits per heavy atom. The molecule has 11 heteroatoms. The second-order valence-electron chi connectivity index (χ2n) is 4.39. The van der Waals surface area contributed by atoms with E-state index in [0.717, 1.165) is 16.6 Å². The summed E-state index contributed by atoms with van der Waals surface area (Å²) in [7, 11) is -3.82. The molecule has 9 nitrogen and oxygen atoms in total. The van der Waals surface area contributed by atoms with Crippen molar-refractivity contribution < 1.29 is 22.7 Å². The lowest BCUT2D eigenvalue weighted by Crippen LogP contribution is -2.37. The zero-order valence-corrected chi connectivity index (χ0v) is 12.7. The molecule has 3 rings (SSSR count). The van der Waals surface area contributed by atoms with E-state index < -0.39 is 22.0 Å². The Morgan fingerprint density at radius 3 is 2.86 bits per heavy atom. The molecular weight excluding hydrogens is 332 g/mol. The number of aromatic nitrogens is 2. The minimum absolute atomic E-state index is 0.00840. The van der Waals surface area contributed by atoms with E-state index in [-0.39, 0.29) is 30.1 Å². The molecule has 2 aromatic rings. The number of imide groups is 1. The molecule has 0 radical (unpaired) electrons. The number of fused-ring (bicyclic) bond motifs is 1. The topological polar surface area (TPSA) is 119 Å². The van der Waals surface area contributed by atoms with Crippen molar-refractivity contribution in [1.82, 2.24) is 18.4 Å². The van der Waals surface area contributed by atoms with Gasteiger partial charge in [0, 0.05) is 13.1 Å². The smallest absolute Gasteiger partial charge is 0.417 e. The van der Waals surface area contributed by atoms with Gasteiger partial charge >= 0.3 is 6.09 Å². The third-order valence-corrected chi connectivity index (χ3v) is 5.04. The van der Waals surface area contributed by atoms with Crippen LogP contribution in [-0.4, -0.2) is 53.8 Å². The number of hydrogen-bond acceptors (Lipinski definition) is 8. The Labute approximate surface area is 129 Å². The molecule has 0 spiro atoms. The molecule has 0 atom stereocenters. The van der Waals surface area contributed by atoms with E-state index in [2.05, 4.69) is 18.2 Å². The molecule has 1 saturated heterocycles. The first-order valence-electron chi connectivity index (χ1n) is 6.17. The second kappa shape index (κ2) is 5.59. The number of hydrogen-bond donors (Lipinski definition) is 1. The molecule has 1 aliphatic heterocycles. The maximum absolute atomic E-state index is 12.3. The minimum atomic E-state index is -3.82. The maximum Gasteiger partial charge on any atom is 0.417 e. The fourth-order valence-corrected chi connectivity index (χ4v) is 3.75. The van der Waals surface area contributed by atoms with Crippen LogP contribution in [0, 0.1) is 0 Å². The average Bonchev–Trinajstić information content (AvgIpc) is 3.07. The van der Waals surface area contributed by atoms with Gasteiger partial charge in [-0.25, -0.2) is 22.8 Å². The number of carbonyl (C=O) groups is 2. The van der Waals surface area contributed by atoms with Gasteiger partial charge in [0.05, 0.1) is 11.7 Å². The summed E-state index contributed by atoms with van der Waals surface area (Å²) < 4.78 is 39.4. The van der Waals surface area contributed by atoms with Crippen molar-refractivity contribution in [3.63, 3.8) is 0 Å². The Bertz CT molecular complexity index is 831. The van der Waals surface area contributed by atoms with Gasteiger partial charge in [-0.3, -0.25) is 4.79 Å². The van der Waals surface area contributed by atoms with Crippen LogP contribution >= 0.6 is 11.7 Å². The summed E-state index contributed by atoms with van der Waals surface area (Å²) in [6.45, 7) is -0.519. The summed E-state index contributed by atoms with van der Waals surface area (Å²) in [6.07, 6.45) is -0.769. The standard InChI is InChI=1S/C11H10N4O5S2/c16-9-6-20-11(17)15(9)5-4-12-22(18,19)8-3-1-2-7-10(8)14-21-13-7/h1-3,12H,4-6H2. The first-order chi connectivity index (χ1) is 10.5. The SMILES string of the molecule is O=C1COC(=O)N1CCNS(=O)(=O)c1cccc2nsnc12. The van der Waals surface area contributed by atoms with E-state index in [1.165, 1.54) is 6.07 Å². The molecule has 1 N–H and O–H groups in total. The Balaban J connectivity index is 1.73. The van der Waals surface area contributed by atoms with Crippen molar-refractivity contribution in [1.29, 1.82) is 0 Å². The van der Waals surface area contributed by atoms with Crippen molar-refractivity contribution in [2.75, 3.05) is 19.7 Å². The molecule has 2 amide bonds. The summed E-state index contributed by atoms with van der Waals surface area (Å²) in [4.78, 5) is 23.4. The predicted molar refractivity (Wildman–Crippen MR) is 75.7 cm³/mol. The molecule has 1 aromatic carbocycles. The quantitative estimate of drug-likeness (QED) is 0.809. The Kier molecular flexibility index (Phi) is 3.76. The largest absolute Gasteiger partial charge is 0.439 e. The van der Waals surface area contributed by atoms with Gasteiger partial charge < -0.3 is 4.74 Å². The molecular formula is C11H10N4O5S2. The van der Waals surface area contributed by atoms with Gasteiger partial charge in [0.1, 0.15) is 15.9 Å². The molecule has 0 bridgehead atoms. The zero-order valence-electron chi connectivity index (χ0n) is 11.1. The molecule has 1 aliphatic rings. The summed E-state index contributed by atoms with van der Waals surface area (Å²) >= 11 is 0.922. The van der Waals surface area contributed by atoms with Crippen LogP contribution < -0.4 is 4.72 Å². The lowest BCUT2D eigenvalue weighted by atomic mass is 10.3. The molecule has 0 unspecified atom stereocenters. The predicted octanol–water partition coefficient (Wildman–Crippen LogP) is -0.0516. The van der Waals surface area contributed by atoms with Crippen LogP contribution in [0.15, 0.2) is 23.1 Å². The number of sulfonamides is 1. The number of cyclic esters (lactones) is 1. The van der Waals surface area contributed by atoms with E-state index in [9.17, 15) is 18.0 Å². The maximum atomic E-state index is 12.3. The van der Waals surface area contributed by atoms with E-state index in [1.807, 2.05) is 0 Å². The van der Waals surface area contributed by atoms with Crippen LogP contribution in [0.4, 0.5) is 4.79 Å². The average molecular weight is 342 g/mol. The van der Waals surface area contributed by atoms with Crippen molar-refractivity contribution in [3.05, 3.63) is 18.2 Å². The van der Waals surface area contributed by atoms with Gasteiger partial charge in [-0.05, 0) is 12.1 Å². The van der Waals surface area contributed by atoms with Gasteiger partial charge in [0.25, 0.3) is 5.91 Å². The molecule has 0 aliphatic carbocycles. The van der Waals surface area contributed by atoms with Gasteiger partial charge in [-0.15, -0.1) is 0 Å². The number of rotatable bonds is 5. The fourth-order valence-electron chi connectivity index (χ4n) is 1.96. The number of nitrogens with zero attached hydrogens (tertiary/aromatic N) is 3. The lowest BCUT2D eigenvalue weighted by molar-refractivity contribution is -0.125. The van der Waals surface area contributed by atoms with Gasteiger partial charge in [-0.2, -0.15) is 8.75 Å². The zero-order chi connectivity index (χ0) is 15.7. The number of amides is 2. The normalized spacial score (nSPS) is 15.5. The summed E-state index contributed by atoms with van der Waals surface area (Å²) in [5.74, 6) is -0.491. The fraction of sp³-hybridized carbons (Fsp3) is 0.273. The third kappa shape index (κ3) is 2.65. The van der Waals surface area contributed by atoms with Crippen LogP contribution in [0.1, 0.15) is 0 Å². The highest BCUT2D eigenvalue weighted by Gasteiger charge is 2.30. The van der Waals surface area contributed by atoms with Gasteiger partial charge in [0.15, 0.2) is 6.61 Å². The van der Waals surface area contributed by atoms with E-state index in [4.69, 9.17) is 0 Å². The van der Waals surface area contributed by atoms with Gasteiger partial charge in [0.2, 0.25) is 10.0 Å². The van der Waals surface area contributed by atoms with Crippen LogP contribution in [0.25, 0.3) is 11.0 Å². The molecule has 1 aromatic heterocycles. The van der Waals surface area contributed by atoms with Crippen molar-refractivity contribution in [3.8, 4) is 0 Å². The summed E-state index contributed by atoms with van der Waals surface area (Å²) in [6, 6.07) is 4.65. The molecule has 2 heterocycles. The lowest BCUT2D eigenvalue weighted by Gasteiger charge is -2.11. The van der Waals surface area contributed by atoms with Gasteiger partial charge in [-0.1, -0.05) is 6.07 Å². The van der Waals surface area contributed by atoms with Crippen molar-refractivity contribution in [2.45, 2.75) is 4.90 Å². The highest BCUT2D eigenvalue weighted by molar-refractivity contribution is 7.89. The molecule has 22 heavy (non-hydrogen) atoms. The van der Waals surface area contributed by atoms with Crippen molar-refractivity contribution in [2.24, 2.45) is 0 Å². The van der Waals surface area contributed by atoms with E-state index >= 15 is 0 Å². The van der Waals surface area contributed by atoms with Crippen molar-refractivity contribution >= 4 is 44.8 Å². The highest BCUT2D eigenvalue weighted by atomic mass is 32.2.